The molecule has 0 heterocycles. The van der Waals surface area contributed by atoms with Gasteiger partial charge in [-0.05, 0) is 48.7 Å². The lowest BCUT2D eigenvalue weighted by Gasteiger charge is -2.08. The standard InChI is InChI=1S/C15H14FNO/c16-11-3-8-14(15(17)9-11)10-1-4-12(5-2-10)18-13-6-7-13/h1-5,8-9,13H,6-7,17H2. The molecule has 1 fully saturated rings. The third kappa shape index (κ3) is 2.30. The molecule has 3 rings (SSSR count). The van der Waals surface area contributed by atoms with E-state index in [4.69, 9.17) is 10.5 Å². The third-order valence-electron chi connectivity index (χ3n) is 3.01. The summed E-state index contributed by atoms with van der Waals surface area (Å²) in [7, 11) is 0. The van der Waals surface area contributed by atoms with Crippen molar-refractivity contribution < 1.29 is 9.13 Å². The molecule has 1 saturated carbocycles. The highest BCUT2D eigenvalue weighted by Crippen LogP contribution is 2.30. The summed E-state index contributed by atoms with van der Waals surface area (Å²) in [6, 6.07) is 12.2. The van der Waals surface area contributed by atoms with Crippen LogP contribution in [0.15, 0.2) is 42.5 Å². The van der Waals surface area contributed by atoms with E-state index >= 15 is 0 Å². The summed E-state index contributed by atoms with van der Waals surface area (Å²) in [5, 5.41) is 0. The number of nitrogens with two attached hydrogens (primary N) is 1. The Morgan fingerprint density at radius 1 is 1.06 bits per heavy atom. The van der Waals surface area contributed by atoms with Crippen LogP contribution >= 0.6 is 0 Å². The van der Waals surface area contributed by atoms with Crippen LogP contribution in [0.25, 0.3) is 11.1 Å². The maximum absolute atomic E-state index is 13.0. The quantitative estimate of drug-likeness (QED) is 0.836. The molecule has 2 aromatic rings. The van der Waals surface area contributed by atoms with Crippen molar-refractivity contribution in [1.29, 1.82) is 0 Å². The number of halogens is 1. The first-order valence-corrected chi connectivity index (χ1v) is 6.04. The van der Waals surface area contributed by atoms with Crippen LogP contribution in [0.1, 0.15) is 12.8 Å². The Hall–Kier alpha value is -2.03. The number of anilines is 1. The topological polar surface area (TPSA) is 35.2 Å². The van der Waals surface area contributed by atoms with E-state index in [9.17, 15) is 4.39 Å². The molecule has 0 saturated heterocycles. The summed E-state index contributed by atoms with van der Waals surface area (Å²) >= 11 is 0. The lowest BCUT2D eigenvalue weighted by atomic mass is 10.0. The summed E-state index contributed by atoms with van der Waals surface area (Å²) in [5.74, 6) is 0.562. The fourth-order valence-electron chi connectivity index (χ4n) is 1.89. The van der Waals surface area contributed by atoms with Crippen LogP contribution in [0.5, 0.6) is 5.75 Å². The van der Waals surface area contributed by atoms with E-state index in [0.29, 0.717) is 11.8 Å². The lowest BCUT2D eigenvalue weighted by molar-refractivity contribution is 0.303. The van der Waals surface area contributed by atoms with Crippen molar-refractivity contribution in [1.82, 2.24) is 0 Å². The zero-order chi connectivity index (χ0) is 12.5. The molecule has 18 heavy (non-hydrogen) atoms. The molecular formula is C15H14FNO. The molecule has 0 amide bonds. The Morgan fingerprint density at radius 2 is 1.78 bits per heavy atom. The van der Waals surface area contributed by atoms with Gasteiger partial charge in [-0.25, -0.2) is 4.39 Å². The first-order chi connectivity index (χ1) is 8.72. The van der Waals surface area contributed by atoms with Crippen molar-refractivity contribution in [2.75, 3.05) is 5.73 Å². The van der Waals surface area contributed by atoms with Crippen LogP contribution in [0.3, 0.4) is 0 Å². The second-order valence-corrected chi connectivity index (χ2v) is 4.57. The molecule has 1 aliphatic rings. The minimum atomic E-state index is -0.315. The molecule has 2 nitrogen and oxygen atoms in total. The monoisotopic (exact) mass is 243 g/mol. The molecule has 0 bridgehead atoms. The zero-order valence-corrected chi connectivity index (χ0v) is 9.90. The molecule has 0 aromatic heterocycles. The van der Waals surface area contributed by atoms with Crippen molar-refractivity contribution in [2.24, 2.45) is 0 Å². The molecule has 0 radical (unpaired) electrons. The van der Waals surface area contributed by atoms with Gasteiger partial charge in [-0.1, -0.05) is 12.1 Å². The molecule has 0 spiro atoms. The fourth-order valence-corrected chi connectivity index (χ4v) is 1.89. The van der Waals surface area contributed by atoms with Crippen LogP contribution < -0.4 is 10.5 Å². The van der Waals surface area contributed by atoms with E-state index in [0.717, 1.165) is 29.7 Å². The van der Waals surface area contributed by atoms with Crippen molar-refractivity contribution >= 4 is 5.69 Å². The smallest absolute Gasteiger partial charge is 0.125 e. The number of ether oxygens (including phenoxy) is 1. The summed E-state index contributed by atoms with van der Waals surface area (Å²) in [6.45, 7) is 0. The number of benzene rings is 2. The lowest BCUT2D eigenvalue weighted by Crippen LogP contribution is -1.95. The Kier molecular flexibility index (Phi) is 2.67. The maximum Gasteiger partial charge on any atom is 0.125 e. The molecule has 1 aliphatic carbocycles. The summed E-state index contributed by atoms with van der Waals surface area (Å²) in [4.78, 5) is 0. The SMILES string of the molecule is Nc1cc(F)ccc1-c1ccc(OC2CC2)cc1. The van der Waals surface area contributed by atoms with E-state index in [1.807, 2.05) is 24.3 Å². The minimum Gasteiger partial charge on any atom is -0.490 e. The molecule has 0 unspecified atom stereocenters. The van der Waals surface area contributed by atoms with E-state index in [2.05, 4.69) is 0 Å². The maximum atomic E-state index is 13.0. The average Bonchev–Trinajstić information content (AvgIpc) is 3.15. The van der Waals surface area contributed by atoms with Crippen molar-refractivity contribution in [3.05, 3.63) is 48.3 Å². The van der Waals surface area contributed by atoms with Crippen LogP contribution in [0.4, 0.5) is 10.1 Å². The molecule has 0 aliphatic heterocycles. The molecule has 0 atom stereocenters. The molecule has 2 aromatic carbocycles. The molecular weight excluding hydrogens is 229 g/mol. The third-order valence-corrected chi connectivity index (χ3v) is 3.01. The molecule has 2 N–H and O–H groups in total. The van der Waals surface area contributed by atoms with Gasteiger partial charge in [0.15, 0.2) is 0 Å². The zero-order valence-electron chi connectivity index (χ0n) is 9.90. The van der Waals surface area contributed by atoms with Crippen LogP contribution in [-0.4, -0.2) is 6.10 Å². The number of nitrogen functional groups attached to an aromatic ring is 1. The molecule has 92 valence electrons. The Labute approximate surface area is 105 Å². The Balaban J connectivity index is 1.86. The van der Waals surface area contributed by atoms with Gasteiger partial charge in [-0.15, -0.1) is 0 Å². The Morgan fingerprint density at radius 3 is 2.39 bits per heavy atom. The van der Waals surface area contributed by atoms with E-state index in [-0.39, 0.29) is 5.82 Å². The predicted octanol–water partition coefficient (Wildman–Crippen LogP) is 3.62. The predicted molar refractivity (Wildman–Crippen MR) is 69.9 cm³/mol. The highest BCUT2D eigenvalue weighted by Gasteiger charge is 2.23. The summed E-state index contributed by atoms with van der Waals surface area (Å²) in [6.07, 6.45) is 2.69. The number of rotatable bonds is 3. The van der Waals surface area contributed by atoms with Gasteiger partial charge >= 0.3 is 0 Å². The Bertz CT molecular complexity index is 561. The van der Waals surface area contributed by atoms with Crippen molar-refractivity contribution in [3.8, 4) is 16.9 Å². The summed E-state index contributed by atoms with van der Waals surface area (Å²) in [5.41, 5.74) is 8.07. The van der Waals surface area contributed by atoms with Gasteiger partial charge in [0.25, 0.3) is 0 Å². The van der Waals surface area contributed by atoms with Crippen LogP contribution in [0.2, 0.25) is 0 Å². The molecule has 3 heteroatoms. The van der Waals surface area contributed by atoms with E-state index in [1.165, 1.54) is 12.1 Å². The van der Waals surface area contributed by atoms with Gasteiger partial charge < -0.3 is 10.5 Å². The number of hydrogen-bond donors (Lipinski definition) is 1. The van der Waals surface area contributed by atoms with Gasteiger partial charge in [0.05, 0.1) is 6.10 Å². The first-order valence-electron chi connectivity index (χ1n) is 6.04. The van der Waals surface area contributed by atoms with Crippen molar-refractivity contribution in [3.63, 3.8) is 0 Å². The fraction of sp³-hybridized carbons (Fsp3) is 0.200. The van der Waals surface area contributed by atoms with E-state index in [1.54, 1.807) is 6.07 Å². The largest absolute Gasteiger partial charge is 0.490 e. The van der Waals surface area contributed by atoms with Gasteiger partial charge in [0.1, 0.15) is 11.6 Å². The second-order valence-electron chi connectivity index (χ2n) is 4.57. The van der Waals surface area contributed by atoms with Gasteiger partial charge in [0, 0.05) is 11.3 Å². The first kappa shape index (κ1) is 11.1. The second kappa shape index (κ2) is 4.33. The average molecular weight is 243 g/mol. The van der Waals surface area contributed by atoms with Gasteiger partial charge in [-0.2, -0.15) is 0 Å². The van der Waals surface area contributed by atoms with Gasteiger partial charge in [-0.3, -0.25) is 0 Å². The van der Waals surface area contributed by atoms with Crippen LogP contribution in [-0.2, 0) is 0 Å². The highest BCUT2D eigenvalue weighted by molar-refractivity contribution is 5.76. The van der Waals surface area contributed by atoms with E-state index < -0.39 is 0 Å². The van der Waals surface area contributed by atoms with Gasteiger partial charge in [0.2, 0.25) is 0 Å². The normalized spacial score (nSPS) is 14.5. The van der Waals surface area contributed by atoms with Crippen LogP contribution in [0, 0.1) is 5.82 Å². The highest BCUT2D eigenvalue weighted by atomic mass is 19.1. The minimum absolute atomic E-state index is 0.315. The number of hydrogen-bond acceptors (Lipinski definition) is 2. The summed E-state index contributed by atoms with van der Waals surface area (Å²) < 4.78 is 18.7. The van der Waals surface area contributed by atoms with Crippen molar-refractivity contribution in [2.45, 2.75) is 18.9 Å².